The molecule has 0 unspecified atom stereocenters. The first kappa shape index (κ1) is 67.2. The SMILES string of the molecule is Nc1ccc(-c2cc(C(=O)O)nc3c2ccc2c(-c4ccc(N)cc4)cc(C(=O)O)nc23)cc1.O=C(O)c1cc(-c2ccc([N+](=O)[O-])cc2)c2ccc3c(-c4ccc([N+](=O)[O-])cc4)cc(C(=O)O)nc3c2n1.O=C(O)c1cc(-c2ccccc2)c2ccc3c(-c4ccccc4)cc(C(=O)O)nc3c2n1. The number of rotatable bonds is 14. The number of benzene rings is 9. The minimum atomic E-state index is -1.34. The summed E-state index contributed by atoms with van der Waals surface area (Å²) in [6.07, 6.45) is 0. The van der Waals surface area contributed by atoms with E-state index in [0.29, 0.717) is 110 Å². The molecule has 6 heterocycles. The van der Waals surface area contributed by atoms with Crippen molar-refractivity contribution in [1.29, 1.82) is 0 Å². The number of nitrogens with zero attached hydrogens (tertiary/aromatic N) is 8. The van der Waals surface area contributed by atoms with E-state index in [9.17, 15) is 79.6 Å². The predicted molar refractivity (Wildman–Crippen MR) is 388 cm³/mol. The number of fused-ring (bicyclic) bond motifs is 9. The number of aromatic nitrogens is 6. The van der Waals surface area contributed by atoms with Crippen LogP contribution in [-0.2, 0) is 0 Å². The molecule has 0 spiro atoms. The molecule has 26 nitrogen and oxygen atoms in total. The molecule has 0 saturated heterocycles. The lowest BCUT2D eigenvalue weighted by Gasteiger charge is -2.13. The summed E-state index contributed by atoms with van der Waals surface area (Å²) in [5, 5.41) is 84.0. The van der Waals surface area contributed by atoms with Crippen molar-refractivity contribution in [3.63, 3.8) is 0 Å². The first-order valence-corrected chi connectivity index (χ1v) is 31.1. The Bertz CT molecular complexity index is 5760. The fourth-order valence-electron chi connectivity index (χ4n) is 12.1. The number of non-ortho nitro benzene ring substituents is 2. The second kappa shape index (κ2) is 27.5. The molecule has 0 aliphatic carbocycles. The maximum absolute atomic E-state index is 11.9. The average Bonchev–Trinajstić information content (AvgIpc) is 0.756. The van der Waals surface area contributed by atoms with Crippen LogP contribution in [0.2, 0.25) is 0 Å². The maximum atomic E-state index is 11.9. The molecule has 0 aliphatic rings. The Morgan fingerprint density at radius 2 is 0.433 bits per heavy atom. The summed E-state index contributed by atoms with van der Waals surface area (Å²) in [4.78, 5) is 118. The van der Waals surface area contributed by atoms with Gasteiger partial charge in [0.05, 0.1) is 42.9 Å². The van der Waals surface area contributed by atoms with Crippen LogP contribution in [0, 0.1) is 20.2 Å². The monoisotopic (exact) mass is 1380 g/mol. The van der Waals surface area contributed by atoms with E-state index >= 15 is 0 Å². The molecule has 0 amide bonds. The lowest BCUT2D eigenvalue weighted by molar-refractivity contribution is -0.385. The first-order valence-electron chi connectivity index (χ1n) is 31.1. The maximum Gasteiger partial charge on any atom is 0.354 e. The van der Waals surface area contributed by atoms with Gasteiger partial charge in [-0.2, -0.15) is 0 Å². The number of nitro benzene ring substituents is 2. The highest BCUT2D eigenvalue weighted by Crippen LogP contribution is 2.41. The van der Waals surface area contributed by atoms with Crippen LogP contribution in [-0.4, -0.2) is 106 Å². The summed E-state index contributed by atoms with van der Waals surface area (Å²) < 4.78 is 0. The Morgan fingerprint density at radius 1 is 0.260 bits per heavy atom. The van der Waals surface area contributed by atoms with Crippen LogP contribution >= 0.6 is 0 Å². The molecule has 9 aromatic carbocycles. The number of nitrogens with two attached hydrogens (primary N) is 2. The van der Waals surface area contributed by atoms with Gasteiger partial charge in [-0.05, 0) is 152 Å². The normalized spacial score (nSPS) is 11.0. The lowest BCUT2D eigenvalue weighted by atomic mass is 9.95. The Balaban J connectivity index is 0.000000139. The number of nitro groups is 2. The summed E-state index contributed by atoms with van der Waals surface area (Å²) >= 11 is 0. The molecule has 10 N–H and O–H groups in total. The summed E-state index contributed by atoms with van der Waals surface area (Å²) in [6, 6.07) is 63.4. The van der Waals surface area contributed by atoms with Crippen molar-refractivity contribution >= 4 is 124 Å². The minimum Gasteiger partial charge on any atom is -0.477 e. The number of carboxylic acids is 6. The molecule has 0 bridgehead atoms. The molecule has 0 aliphatic heterocycles. The summed E-state index contributed by atoms with van der Waals surface area (Å²) in [5.74, 6) is -7.42. The zero-order chi connectivity index (χ0) is 73.4. The van der Waals surface area contributed by atoms with E-state index in [1.807, 2.05) is 84.9 Å². The van der Waals surface area contributed by atoms with Gasteiger partial charge < -0.3 is 42.1 Å². The number of aromatic carboxylic acids is 6. The molecule has 0 saturated carbocycles. The quantitative estimate of drug-likeness (QED) is 0.0217. The molecule has 26 heteroatoms. The van der Waals surface area contributed by atoms with Crippen LogP contribution in [0.25, 0.3) is 132 Å². The number of pyridine rings is 6. The van der Waals surface area contributed by atoms with Crippen LogP contribution in [0.5, 0.6) is 0 Å². The van der Waals surface area contributed by atoms with Gasteiger partial charge in [-0.3, -0.25) is 20.2 Å². The van der Waals surface area contributed by atoms with E-state index in [1.54, 1.807) is 60.7 Å². The Kier molecular flexibility index (Phi) is 17.8. The average molecular weight is 1380 g/mol. The number of anilines is 2. The molecule has 0 radical (unpaired) electrons. The van der Waals surface area contributed by atoms with Gasteiger partial charge in [-0.25, -0.2) is 58.7 Å². The molecule has 15 aromatic rings. The Hall–Kier alpha value is -15.3. The van der Waals surface area contributed by atoms with Crippen molar-refractivity contribution in [2.24, 2.45) is 0 Å². The molecule has 6 aromatic heterocycles. The number of carboxylic acid groups (broad SMARTS) is 6. The largest absolute Gasteiger partial charge is 0.477 e. The smallest absolute Gasteiger partial charge is 0.354 e. The topological polar surface area (TPSA) is 439 Å². The fourth-order valence-corrected chi connectivity index (χ4v) is 12.1. The summed E-state index contributed by atoms with van der Waals surface area (Å²) in [6.45, 7) is 0. The summed E-state index contributed by atoms with van der Waals surface area (Å²) in [5.41, 5.74) is 20.3. The van der Waals surface area contributed by atoms with Gasteiger partial charge in [0, 0.05) is 68.0 Å². The van der Waals surface area contributed by atoms with Crippen LogP contribution in [0.1, 0.15) is 62.9 Å². The standard InChI is InChI=1S/C26H14N4O8.C26H18N4O4.C26H16N2O4/c31-25(32)21-11-19(13-1-5-15(6-2-13)29(35)36)17-9-10-18-20(14-3-7-16(8-4-14)30(37)38)12-22(26(33)34)28-24(18)23(17)27-21;27-15-5-1-13(2-6-15)19-11-21(25(31)32)29-23-17(19)9-10-18-20(14-3-7-16(28)8-4-14)12-22(26(33)34)30-24(18)23;29-25(30)21-13-19(15-7-3-1-4-8-15)17-11-12-18-20(16-9-5-2-6-10-16)14-22(26(31)32)28-24(18)23(17)27-21/h1-12H,(H,31,32)(H,33,34);1-12H,27-28H2,(H,31,32)(H,33,34);1-14H,(H,29,30)(H,31,32). The van der Waals surface area contributed by atoms with E-state index in [-0.39, 0.29) is 56.6 Å². The van der Waals surface area contributed by atoms with E-state index in [2.05, 4.69) is 29.9 Å². The van der Waals surface area contributed by atoms with Gasteiger partial charge in [0.2, 0.25) is 0 Å². The van der Waals surface area contributed by atoms with Crippen molar-refractivity contribution in [1.82, 2.24) is 29.9 Å². The molecule has 0 atom stereocenters. The number of hydrogen-bond acceptors (Lipinski definition) is 18. The van der Waals surface area contributed by atoms with Gasteiger partial charge >= 0.3 is 35.8 Å². The van der Waals surface area contributed by atoms with Crippen LogP contribution < -0.4 is 11.5 Å². The Morgan fingerprint density at radius 3 is 0.606 bits per heavy atom. The van der Waals surface area contributed by atoms with Crippen molar-refractivity contribution in [2.45, 2.75) is 0 Å². The lowest BCUT2D eigenvalue weighted by Crippen LogP contribution is -2.05. The molecule has 506 valence electrons. The number of nitrogen functional groups attached to an aromatic ring is 2. The van der Waals surface area contributed by atoms with E-state index in [4.69, 9.17) is 11.5 Å². The first-order chi connectivity index (χ1) is 50.0. The van der Waals surface area contributed by atoms with Gasteiger partial charge in [-0.1, -0.05) is 121 Å². The van der Waals surface area contributed by atoms with E-state index in [0.717, 1.165) is 22.3 Å². The van der Waals surface area contributed by atoms with Crippen molar-refractivity contribution in [3.8, 4) is 66.8 Å². The van der Waals surface area contributed by atoms with Crippen molar-refractivity contribution in [2.75, 3.05) is 11.5 Å². The van der Waals surface area contributed by atoms with Crippen LogP contribution in [0.3, 0.4) is 0 Å². The Labute approximate surface area is 583 Å². The molecular weight excluding hydrogens is 1330 g/mol. The van der Waals surface area contributed by atoms with Crippen molar-refractivity contribution in [3.05, 3.63) is 285 Å². The fraction of sp³-hybridized carbons (Fsp3) is 0. The zero-order valence-corrected chi connectivity index (χ0v) is 53.4. The third kappa shape index (κ3) is 13.2. The van der Waals surface area contributed by atoms with Crippen molar-refractivity contribution < 1.29 is 69.3 Å². The molecule has 15 rings (SSSR count). The van der Waals surface area contributed by atoms with Crippen LogP contribution in [0.15, 0.2) is 231 Å². The highest BCUT2D eigenvalue weighted by Gasteiger charge is 2.25. The molecule has 104 heavy (non-hydrogen) atoms. The second-order valence-corrected chi connectivity index (χ2v) is 23.3. The molecular formula is C78H48N10O16. The van der Waals surface area contributed by atoms with Gasteiger partial charge in [0.1, 0.15) is 34.2 Å². The highest BCUT2D eigenvalue weighted by atomic mass is 16.6. The third-order valence-electron chi connectivity index (χ3n) is 17.0. The van der Waals surface area contributed by atoms with E-state index in [1.165, 1.54) is 84.9 Å². The van der Waals surface area contributed by atoms with E-state index < -0.39 is 45.7 Å². The summed E-state index contributed by atoms with van der Waals surface area (Å²) in [7, 11) is 0. The highest BCUT2D eigenvalue weighted by molar-refractivity contribution is 6.17. The van der Waals surface area contributed by atoms with Gasteiger partial charge in [0.15, 0.2) is 0 Å². The third-order valence-corrected chi connectivity index (χ3v) is 17.0. The number of hydrogen-bond donors (Lipinski definition) is 8. The number of carbonyl (C=O) groups is 6. The second-order valence-electron chi connectivity index (χ2n) is 23.3. The van der Waals surface area contributed by atoms with Gasteiger partial charge in [-0.15, -0.1) is 0 Å². The molecule has 0 fully saturated rings. The van der Waals surface area contributed by atoms with Crippen LogP contribution in [0.4, 0.5) is 22.7 Å². The van der Waals surface area contributed by atoms with Gasteiger partial charge in [0.25, 0.3) is 11.4 Å². The predicted octanol–water partition coefficient (Wildman–Crippen LogP) is 15.5. The minimum absolute atomic E-state index is 0.113. The zero-order valence-electron chi connectivity index (χ0n) is 53.4.